The van der Waals surface area contributed by atoms with E-state index in [9.17, 15) is 4.79 Å². The molecule has 1 saturated heterocycles. The SMILES string of the molecule is COC1(CN(C)C(=O)OC(C)(C)C)CCNCC1. The largest absolute Gasteiger partial charge is 0.444 e. The van der Waals surface area contributed by atoms with E-state index < -0.39 is 5.60 Å². The first-order valence-corrected chi connectivity index (χ1v) is 6.48. The number of likely N-dealkylation sites (N-methyl/N-ethyl adjacent to an activating group) is 1. The smallest absolute Gasteiger partial charge is 0.410 e. The molecule has 1 aliphatic rings. The number of amides is 1. The van der Waals surface area contributed by atoms with Crippen LogP contribution in [0.1, 0.15) is 33.6 Å². The molecular weight excluding hydrogens is 232 g/mol. The van der Waals surface area contributed by atoms with Crippen LogP contribution in [0.15, 0.2) is 0 Å². The van der Waals surface area contributed by atoms with Crippen LogP contribution in [0.3, 0.4) is 0 Å². The van der Waals surface area contributed by atoms with Gasteiger partial charge in [0.05, 0.1) is 12.1 Å². The van der Waals surface area contributed by atoms with E-state index in [4.69, 9.17) is 9.47 Å². The number of hydrogen-bond acceptors (Lipinski definition) is 4. The normalized spacial score (nSPS) is 19.4. The molecule has 0 unspecified atom stereocenters. The number of nitrogens with zero attached hydrogens (tertiary/aromatic N) is 1. The first kappa shape index (κ1) is 15.2. The number of piperidine rings is 1. The van der Waals surface area contributed by atoms with Gasteiger partial charge in [0, 0.05) is 14.2 Å². The van der Waals surface area contributed by atoms with Crippen molar-refractivity contribution in [3.05, 3.63) is 0 Å². The van der Waals surface area contributed by atoms with Crippen molar-refractivity contribution >= 4 is 6.09 Å². The molecule has 1 aliphatic heterocycles. The maximum atomic E-state index is 11.9. The Labute approximate surface area is 110 Å². The van der Waals surface area contributed by atoms with Crippen LogP contribution in [0, 0.1) is 0 Å². The number of hydrogen-bond donors (Lipinski definition) is 1. The second-order valence-corrected chi connectivity index (χ2v) is 5.97. The Hall–Kier alpha value is -0.810. The molecule has 0 radical (unpaired) electrons. The first-order chi connectivity index (χ1) is 8.28. The van der Waals surface area contributed by atoms with Crippen molar-refractivity contribution in [2.75, 3.05) is 33.8 Å². The van der Waals surface area contributed by atoms with Crippen LogP contribution in [0.25, 0.3) is 0 Å². The molecule has 0 bridgehead atoms. The number of rotatable bonds is 3. The van der Waals surface area contributed by atoms with Crippen molar-refractivity contribution in [2.45, 2.75) is 44.8 Å². The molecule has 0 aliphatic carbocycles. The van der Waals surface area contributed by atoms with E-state index in [1.54, 1.807) is 19.1 Å². The summed E-state index contributed by atoms with van der Waals surface area (Å²) in [4.78, 5) is 13.5. The summed E-state index contributed by atoms with van der Waals surface area (Å²) in [6.45, 7) is 8.03. The molecule has 0 saturated carbocycles. The number of ether oxygens (including phenoxy) is 2. The summed E-state index contributed by atoms with van der Waals surface area (Å²) in [5.74, 6) is 0. The third kappa shape index (κ3) is 4.46. The summed E-state index contributed by atoms with van der Waals surface area (Å²) in [5.41, 5.74) is -0.698. The van der Waals surface area contributed by atoms with Gasteiger partial charge in [-0.25, -0.2) is 4.79 Å². The highest BCUT2D eigenvalue weighted by molar-refractivity contribution is 5.67. The number of methoxy groups -OCH3 is 1. The molecule has 0 atom stereocenters. The molecule has 1 fully saturated rings. The third-order valence-electron chi connectivity index (χ3n) is 3.18. The minimum Gasteiger partial charge on any atom is -0.444 e. The fourth-order valence-electron chi connectivity index (χ4n) is 2.15. The topological polar surface area (TPSA) is 50.8 Å². The van der Waals surface area contributed by atoms with Gasteiger partial charge in [-0.3, -0.25) is 0 Å². The van der Waals surface area contributed by atoms with Crippen molar-refractivity contribution in [1.82, 2.24) is 10.2 Å². The fraction of sp³-hybridized carbons (Fsp3) is 0.923. The van der Waals surface area contributed by atoms with E-state index in [2.05, 4.69) is 5.32 Å². The molecule has 5 heteroatoms. The monoisotopic (exact) mass is 258 g/mol. The predicted octanol–water partition coefficient (Wildman–Crippen LogP) is 1.62. The second kappa shape index (κ2) is 5.89. The standard InChI is InChI=1S/C13H26N2O3/c1-12(2,3)18-11(16)15(4)10-13(17-5)6-8-14-9-7-13/h14H,6-10H2,1-5H3. The quantitative estimate of drug-likeness (QED) is 0.836. The number of carbonyl (C=O) groups is 1. The Kier molecular flexibility index (Phi) is 4.99. The Morgan fingerprint density at radius 2 is 1.89 bits per heavy atom. The molecule has 0 aromatic carbocycles. The lowest BCUT2D eigenvalue weighted by Gasteiger charge is -2.39. The minimum absolute atomic E-state index is 0.239. The average molecular weight is 258 g/mol. The molecule has 0 aromatic rings. The lowest BCUT2D eigenvalue weighted by Crippen LogP contribution is -2.52. The van der Waals surface area contributed by atoms with E-state index in [-0.39, 0.29) is 11.7 Å². The van der Waals surface area contributed by atoms with Gasteiger partial charge >= 0.3 is 6.09 Å². The highest BCUT2D eigenvalue weighted by Gasteiger charge is 2.35. The van der Waals surface area contributed by atoms with Gasteiger partial charge in [-0.1, -0.05) is 0 Å². The molecule has 0 spiro atoms. The molecule has 1 N–H and O–H groups in total. The van der Waals surface area contributed by atoms with Crippen LogP contribution in [-0.2, 0) is 9.47 Å². The lowest BCUT2D eigenvalue weighted by molar-refractivity contribution is -0.0570. The first-order valence-electron chi connectivity index (χ1n) is 6.48. The van der Waals surface area contributed by atoms with Crippen LogP contribution in [0.2, 0.25) is 0 Å². The van der Waals surface area contributed by atoms with Crippen LogP contribution in [0.4, 0.5) is 4.79 Å². The van der Waals surface area contributed by atoms with Crippen LogP contribution in [0.5, 0.6) is 0 Å². The van der Waals surface area contributed by atoms with Crippen molar-refractivity contribution in [3.63, 3.8) is 0 Å². The Morgan fingerprint density at radius 3 is 2.33 bits per heavy atom. The van der Waals surface area contributed by atoms with Gasteiger partial charge in [0.15, 0.2) is 0 Å². The highest BCUT2D eigenvalue weighted by Crippen LogP contribution is 2.24. The second-order valence-electron chi connectivity index (χ2n) is 5.97. The van der Waals surface area contributed by atoms with Gasteiger partial charge in [0.25, 0.3) is 0 Å². The van der Waals surface area contributed by atoms with Gasteiger partial charge in [0.2, 0.25) is 0 Å². The zero-order valence-corrected chi connectivity index (χ0v) is 12.2. The Balaban J connectivity index is 2.56. The van der Waals surface area contributed by atoms with E-state index in [0.717, 1.165) is 25.9 Å². The van der Waals surface area contributed by atoms with Gasteiger partial charge in [0.1, 0.15) is 5.60 Å². The molecule has 1 heterocycles. The maximum absolute atomic E-state index is 11.9. The minimum atomic E-state index is -0.459. The van der Waals surface area contributed by atoms with Crippen molar-refractivity contribution < 1.29 is 14.3 Å². The van der Waals surface area contributed by atoms with E-state index in [0.29, 0.717) is 6.54 Å². The molecule has 106 valence electrons. The number of nitrogens with one attached hydrogen (secondary N) is 1. The van der Waals surface area contributed by atoms with Crippen LogP contribution in [-0.4, -0.2) is 56.0 Å². The summed E-state index contributed by atoms with van der Waals surface area (Å²) in [5, 5.41) is 3.30. The zero-order chi connectivity index (χ0) is 13.8. The molecule has 5 nitrogen and oxygen atoms in total. The fourth-order valence-corrected chi connectivity index (χ4v) is 2.15. The maximum Gasteiger partial charge on any atom is 0.410 e. The van der Waals surface area contributed by atoms with Crippen molar-refractivity contribution in [3.8, 4) is 0 Å². The van der Waals surface area contributed by atoms with E-state index in [1.807, 2.05) is 20.8 Å². The van der Waals surface area contributed by atoms with Crippen LogP contribution < -0.4 is 5.32 Å². The molecule has 18 heavy (non-hydrogen) atoms. The summed E-state index contributed by atoms with van der Waals surface area (Å²) in [6, 6.07) is 0. The van der Waals surface area contributed by atoms with E-state index in [1.165, 1.54) is 0 Å². The lowest BCUT2D eigenvalue weighted by atomic mass is 9.91. The summed E-state index contributed by atoms with van der Waals surface area (Å²) >= 11 is 0. The van der Waals surface area contributed by atoms with Gasteiger partial charge in [-0.2, -0.15) is 0 Å². The molecule has 1 rings (SSSR count). The third-order valence-corrected chi connectivity index (χ3v) is 3.18. The van der Waals surface area contributed by atoms with Gasteiger partial charge in [-0.05, 0) is 46.7 Å². The molecular formula is C13H26N2O3. The van der Waals surface area contributed by atoms with Crippen LogP contribution >= 0.6 is 0 Å². The predicted molar refractivity (Wildman–Crippen MR) is 70.7 cm³/mol. The van der Waals surface area contributed by atoms with Gasteiger partial charge in [-0.15, -0.1) is 0 Å². The molecule has 0 aromatic heterocycles. The summed E-state index contributed by atoms with van der Waals surface area (Å²) in [6.07, 6.45) is 1.53. The van der Waals surface area contributed by atoms with Gasteiger partial charge < -0.3 is 19.7 Å². The highest BCUT2D eigenvalue weighted by atomic mass is 16.6. The zero-order valence-electron chi connectivity index (χ0n) is 12.2. The Bertz CT molecular complexity index is 280. The Morgan fingerprint density at radius 1 is 1.33 bits per heavy atom. The summed E-state index contributed by atoms with van der Waals surface area (Å²) < 4.78 is 11.0. The summed E-state index contributed by atoms with van der Waals surface area (Å²) in [7, 11) is 3.48. The van der Waals surface area contributed by atoms with E-state index >= 15 is 0 Å². The molecule has 1 amide bonds. The number of carbonyl (C=O) groups excluding carboxylic acids is 1. The average Bonchev–Trinajstić information content (AvgIpc) is 2.28. The van der Waals surface area contributed by atoms with Crippen molar-refractivity contribution in [2.24, 2.45) is 0 Å². The van der Waals surface area contributed by atoms with Crippen molar-refractivity contribution in [1.29, 1.82) is 0 Å².